The van der Waals surface area contributed by atoms with Gasteiger partial charge in [0.1, 0.15) is 0 Å². The molecule has 0 aliphatic rings. The Hall–Kier alpha value is -2.03. The summed E-state index contributed by atoms with van der Waals surface area (Å²) in [6.07, 6.45) is 1.72. The van der Waals surface area contributed by atoms with Crippen LogP contribution in [0.5, 0.6) is 0 Å². The number of aromatic nitrogens is 1. The van der Waals surface area contributed by atoms with Crippen molar-refractivity contribution in [3.63, 3.8) is 0 Å². The van der Waals surface area contributed by atoms with Crippen LogP contribution in [0.15, 0.2) is 42.6 Å². The van der Waals surface area contributed by atoms with Gasteiger partial charge in [-0.2, -0.15) is 0 Å². The van der Waals surface area contributed by atoms with Crippen LogP contribution in [-0.4, -0.2) is 4.98 Å². The lowest BCUT2D eigenvalue weighted by molar-refractivity contribution is 1.31. The van der Waals surface area contributed by atoms with Crippen LogP contribution in [0, 0.1) is 6.92 Å². The number of nitrogens with zero attached hydrogens (tertiary/aromatic N) is 1. The summed E-state index contributed by atoms with van der Waals surface area (Å²) in [7, 11) is 0. The third-order valence-electron chi connectivity index (χ3n) is 2.15. The van der Waals surface area contributed by atoms with E-state index in [-0.39, 0.29) is 0 Å². The Labute approximate surface area is 89.0 Å². The zero-order chi connectivity index (χ0) is 10.7. The lowest BCUT2D eigenvalue weighted by Crippen LogP contribution is -1.98. The second kappa shape index (κ2) is 4.00. The zero-order valence-electron chi connectivity index (χ0n) is 8.57. The predicted molar refractivity (Wildman–Crippen MR) is 63.1 cm³/mol. The van der Waals surface area contributed by atoms with Gasteiger partial charge in [-0.1, -0.05) is 17.7 Å². The van der Waals surface area contributed by atoms with E-state index < -0.39 is 0 Å². The van der Waals surface area contributed by atoms with Gasteiger partial charge in [-0.15, -0.1) is 0 Å². The van der Waals surface area contributed by atoms with Crippen molar-refractivity contribution >= 4 is 17.2 Å². The van der Waals surface area contributed by atoms with Crippen molar-refractivity contribution < 1.29 is 0 Å². The van der Waals surface area contributed by atoms with Crippen LogP contribution in [0.3, 0.4) is 0 Å². The van der Waals surface area contributed by atoms with E-state index in [2.05, 4.69) is 17.2 Å². The van der Waals surface area contributed by atoms with Gasteiger partial charge in [0.2, 0.25) is 0 Å². The van der Waals surface area contributed by atoms with Crippen molar-refractivity contribution in [2.45, 2.75) is 6.92 Å². The number of aryl methyl sites for hydroxylation is 1. The van der Waals surface area contributed by atoms with Crippen LogP contribution in [0.2, 0.25) is 0 Å². The van der Waals surface area contributed by atoms with Gasteiger partial charge < -0.3 is 11.1 Å². The first-order valence-electron chi connectivity index (χ1n) is 4.80. The Morgan fingerprint density at radius 1 is 1.13 bits per heavy atom. The van der Waals surface area contributed by atoms with E-state index in [4.69, 9.17) is 5.73 Å². The average Bonchev–Trinajstić information content (AvgIpc) is 2.25. The molecule has 0 radical (unpaired) electrons. The number of pyridine rings is 1. The van der Waals surface area contributed by atoms with Crippen LogP contribution >= 0.6 is 0 Å². The lowest BCUT2D eigenvalue weighted by atomic mass is 10.2. The van der Waals surface area contributed by atoms with Gasteiger partial charge in [-0.3, -0.25) is 0 Å². The first-order chi connectivity index (χ1) is 7.25. The molecule has 0 aliphatic carbocycles. The fourth-order valence-corrected chi connectivity index (χ4v) is 1.30. The molecule has 0 saturated heterocycles. The molecule has 0 spiro atoms. The third-order valence-corrected chi connectivity index (χ3v) is 2.15. The minimum atomic E-state index is 0.651. The molecule has 76 valence electrons. The van der Waals surface area contributed by atoms with E-state index >= 15 is 0 Å². The molecule has 2 aromatic rings. The summed E-state index contributed by atoms with van der Waals surface area (Å²) in [6.45, 7) is 2.05. The van der Waals surface area contributed by atoms with Crippen molar-refractivity contribution in [2.24, 2.45) is 0 Å². The Morgan fingerprint density at radius 3 is 2.53 bits per heavy atom. The molecule has 3 heteroatoms. The zero-order valence-corrected chi connectivity index (χ0v) is 8.57. The summed E-state index contributed by atoms with van der Waals surface area (Å²) in [5.41, 5.74) is 8.65. The third kappa shape index (κ3) is 2.26. The highest BCUT2D eigenvalue weighted by molar-refractivity contribution is 5.68. The maximum Gasteiger partial charge on any atom is 0.153 e. The average molecular weight is 199 g/mol. The molecule has 1 aromatic carbocycles. The summed E-state index contributed by atoms with van der Waals surface area (Å²) in [5, 5.41) is 3.16. The van der Waals surface area contributed by atoms with Gasteiger partial charge in [-0.05, 0) is 31.2 Å². The number of nitrogens with two attached hydrogens (primary N) is 1. The van der Waals surface area contributed by atoms with E-state index in [0.717, 1.165) is 5.69 Å². The van der Waals surface area contributed by atoms with Crippen molar-refractivity contribution in [1.29, 1.82) is 0 Å². The molecule has 0 unspecified atom stereocenters. The topological polar surface area (TPSA) is 50.9 Å². The highest BCUT2D eigenvalue weighted by Gasteiger charge is 1.98. The first-order valence-corrected chi connectivity index (χ1v) is 4.80. The molecule has 3 nitrogen and oxygen atoms in total. The monoisotopic (exact) mass is 199 g/mol. The largest absolute Gasteiger partial charge is 0.396 e. The molecule has 0 saturated carbocycles. The van der Waals surface area contributed by atoms with Gasteiger partial charge >= 0.3 is 0 Å². The smallest absolute Gasteiger partial charge is 0.153 e. The van der Waals surface area contributed by atoms with Gasteiger partial charge in [-0.25, -0.2) is 4.98 Å². The molecule has 0 amide bonds. The van der Waals surface area contributed by atoms with Crippen LogP contribution in [0.4, 0.5) is 17.2 Å². The molecule has 1 aromatic heterocycles. The fraction of sp³-hybridized carbons (Fsp3) is 0.0833. The summed E-state index contributed by atoms with van der Waals surface area (Å²) in [5.74, 6) is 0.696. The number of hydrogen-bond donors (Lipinski definition) is 2. The normalized spacial score (nSPS) is 9.93. The highest BCUT2D eigenvalue weighted by atomic mass is 15.0. The quantitative estimate of drug-likeness (QED) is 0.781. The number of hydrogen-bond acceptors (Lipinski definition) is 3. The molecule has 2 rings (SSSR count). The molecule has 0 atom stereocenters. The SMILES string of the molecule is Cc1ccc(Nc2ncccc2N)cc1. The summed E-state index contributed by atoms with van der Waals surface area (Å²) in [6, 6.07) is 11.7. The molecular weight excluding hydrogens is 186 g/mol. The fourth-order valence-electron chi connectivity index (χ4n) is 1.30. The van der Waals surface area contributed by atoms with E-state index in [1.807, 2.05) is 36.4 Å². The first kappa shape index (κ1) is 9.52. The van der Waals surface area contributed by atoms with Crippen molar-refractivity contribution in [3.8, 4) is 0 Å². The molecule has 3 N–H and O–H groups in total. The second-order valence-electron chi connectivity index (χ2n) is 3.43. The molecule has 0 fully saturated rings. The number of benzene rings is 1. The summed E-state index contributed by atoms with van der Waals surface area (Å²) < 4.78 is 0. The lowest BCUT2D eigenvalue weighted by Gasteiger charge is -2.07. The summed E-state index contributed by atoms with van der Waals surface area (Å²) in [4.78, 5) is 4.16. The Kier molecular flexibility index (Phi) is 2.54. The number of nitrogens with one attached hydrogen (secondary N) is 1. The number of rotatable bonds is 2. The van der Waals surface area contributed by atoms with Crippen LogP contribution in [0.1, 0.15) is 5.56 Å². The minimum Gasteiger partial charge on any atom is -0.396 e. The van der Waals surface area contributed by atoms with Gasteiger partial charge in [0.25, 0.3) is 0 Å². The van der Waals surface area contributed by atoms with E-state index in [0.29, 0.717) is 11.5 Å². The number of nitrogen functional groups attached to an aromatic ring is 1. The molecule has 0 bridgehead atoms. The van der Waals surface area contributed by atoms with Crippen molar-refractivity contribution in [2.75, 3.05) is 11.1 Å². The van der Waals surface area contributed by atoms with E-state index in [1.54, 1.807) is 6.20 Å². The molecular formula is C12H13N3. The Morgan fingerprint density at radius 2 is 1.87 bits per heavy atom. The van der Waals surface area contributed by atoms with Gasteiger partial charge in [0.15, 0.2) is 5.82 Å². The van der Waals surface area contributed by atoms with Crippen LogP contribution in [0.25, 0.3) is 0 Å². The standard InChI is InChI=1S/C12H13N3/c1-9-4-6-10(7-5-9)15-12-11(13)3-2-8-14-12/h2-8H,13H2,1H3,(H,14,15). The maximum absolute atomic E-state index is 5.77. The van der Waals surface area contributed by atoms with Crippen molar-refractivity contribution in [1.82, 2.24) is 4.98 Å². The van der Waals surface area contributed by atoms with Crippen molar-refractivity contribution in [3.05, 3.63) is 48.2 Å². The maximum atomic E-state index is 5.77. The van der Waals surface area contributed by atoms with Gasteiger partial charge in [0.05, 0.1) is 5.69 Å². The highest BCUT2D eigenvalue weighted by Crippen LogP contribution is 2.19. The Bertz CT molecular complexity index is 449. The molecule has 1 heterocycles. The number of anilines is 3. The molecule has 0 aliphatic heterocycles. The van der Waals surface area contributed by atoms with E-state index in [1.165, 1.54) is 5.56 Å². The minimum absolute atomic E-state index is 0.651. The van der Waals surface area contributed by atoms with Crippen LogP contribution in [-0.2, 0) is 0 Å². The van der Waals surface area contributed by atoms with Gasteiger partial charge in [0, 0.05) is 11.9 Å². The second-order valence-corrected chi connectivity index (χ2v) is 3.43. The summed E-state index contributed by atoms with van der Waals surface area (Å²) >= 11 is 0. The Balaban J connectivity index is 2.22. The van der Waals surface area contributed by atoms with E-state index in [9.17, 15) is 0 Å². The van der Waals surface area contributed by atoms with Crippen LogP contribution < -0.4 is 11.1 Å². The molecule has 15 heavy (non-hydrogen) atoms. The predicted octanol–water partition coefficient (Wildman–Crippen LogP) is 2.72.